The van der Waals surface area contributed by atoms with Gasteiger partial charge in [-0.1, -0.05) is 12.1 Å². The molecule has 0 aromatic heterocycles. The van der Waals surface area contributed by atoms with Crippen LogP contribution in [0.5, 0.6) is 5.75 Å². The molecule has 4 N–H and O–H groups in total. The average molecular weight is 388 g/mol. The summed E-state index contributed by atoms with van der Waals surface area (Å²) in [6.07, 6.45) is 3.77. The van der Waals surface area contributed by atoms with Crippen molar-refractivity contribution in [3.05, 3.63) is 29.8 Å². The van der Waals surface area contributed by atoms with E-state index in [2.05, 4.69) is 10.6 Å². The van der Waals surface area contributed by atoms with E-state index in [1.807, 2.05) is 0 Å². The van der Waals surface area contributed by atoms with Crippen molar-refractivity contribution in [1.29, 1.82) is 0 Å². The molecule has 2 fully saturated rings. The fraction of sp³-hybridized carbons (Fsp3) is 0.550. The summed E-state index contributed by atoms with van der Waals surface area (Å²) in [5, 5.41) is 6.22. The van der Waals surface area contributed by atoms with Gasteiger partial charge in [-0.15, -0.1) is 0 Å². The van der Waals surface area contributed by atoms with Gasteiger partial charge in [-0.2, -0.15) is 0 Å². The topological polar surface area (TPSA) is 114 Å². The molecule has 0 bridgehead atoms. The average Bonchev–Trinajstić information content (AvgIpc) is 3.25. The van der Waals surface area contributed by atoms with E-state index in [4.69, 9.17) is 10.5 Å². The zero-order valence-corrected chi connectivity index (χ0v) is 16.0. The van der Waals surface area contributed by atoms with Crippen molar-refractivity contribution >= 4 is 17.7 Å². The van der Waals surface area contributed by atoms with Gasteiger partial charge in [-0.25, -0.2) is 0 Å². The lowest BCUT2D eigenvalue weighted by molar-refractivity contribution is -0.123. The lowest BCUT2D eigenvalue weighted by atomic mass is 9.97. The normalized spacial score (nSPS) is 21.9. The van der Waals surface area contributed by atoms with Gasteiger partial charge in [0, 0.05) is 19.6 Å². The number of rotatable bonds is 7. The molecule has 2 aliphatic heterocycles. The molecule has 2 unspecified atom stereocenters. The van der Waals surface area contributed by atoms with Crippen LogP contribution in [0.25, 0.3) is 0 Å². The highest BCUT2D eigenvalue weighted by atomic mass is 16.5. The molecule has 2 atom stereocenters. The first kappa shape index (κ1) is 20.1. The summed E-state index contributed by atoms with van der Waals surface area (Å²) < 4.78 is 5.39. The van der Waals surface area contributed by atoms with E-state index in [0.717, 1.165) is 32.2 Å². The number of benzene rings is 1. The molecule has 2 heterocycles. The molecule has 3 amide bonds. The number of ether oxygens (including phenoxy) is 1. The zero-order valence-electron chi connectivity index (χ0n) is 16.0. The van der Waals surface area contributed by atoms with Crippen LogP contribution in [-0.2, 0) is 9.59 Å². The highest BCUT2D eigenvalue weighted by Crippen LogP contribution is 2.23. The van der Waals surface area contributed by atoms with Gasteiger partial charge in [0.1, 0.15) is 5.75 Å². The summed E-state index contributed by atoms with van der Waals surface area (Å²) in [6, 6.07) is 6.78. The molecule has 8 nitrogen and oxygen atoms in total. The molecule has 0 saturated carbocycles. The van der Waals surface area contributed by atoms with E-state index in [-0.39, 0.29) is 30.4 Å². The number of carbonyl (C=O) groups is 3. The molecule has 1 aromatic carbocycles. The highest BCUT2D eigenvalue weighted by molar-refractivity contribution is 5.97. The first-order chi connectivity index (χ1) is 13.5. The molecule has 28 heavy (non-hydrogen) atoms. The maximum atomic E-state index is 13.0. The van der Waals surface area contributed by atoms with E-state index < -0.39 is 5.91 Å². The largest absolute Gasteiger partial charge is 0.483 e. The third-order valence-corrected chi connectivity index (χ3v) is 5.24. The zero-order chi connectivity index (χ0) is 19.9. The molecule has 0 spiro atoms. The Kier molecular flexibility index (Phi) is 6.86. The first-order valence-electron chi connectivity index (χ1n) is 9.85. The first-order valence-corrected chi connectivity index (χ1v) is 9.85. The van der Waals surface area contributed by atoms with Gasteiger partial charge in [0.2, 0.25) is 5.91 Å². The Morgan fingerprint density at radius 2 is 2.04 bits per heavy atom. The summed E-state index contributed by atoms with van der Waals surface area (Å²) in [6.45, 7) is 2.44. The number of likely N-dealkylation sites (tertiary alicyclic amines) is 1. The van der Waals surface area contributed by atoms with Gasteiger partial charge in [-0.3, -0.25) is 14.4 Å². The minimum Gasteiger partial charge on any atom is -0.483 e. The molecule has 0 radical (unpaired) electrons. The third kappa shape index (κ3) is 5.22. The summed E-state index contributed by atoms with van der Waals surface area (Å²) in [7, 11) is 0. The fourth-order valence-electron chi connectivity index (χ4n) is 3.78. The molecular formula is C20H28N4O4. The van der Waals surface area contributed by atoms with Crippen LogP contribution in [0.15, 0.2) is 24.3 Å². The minimum atomic E-state index is -0.590. The van der Waals surface area contributed by atoms with Gasteiger partial charge in [0.05, 0.1) is 11.6 Å². The van der Waals surface area contributed by atoms with Gasteiger partial charge < -0.3 is 26.0 Å². The minimum absolute atomic E-state index is 0.0474. The number of hydrogen-bond acceptors (Lipinski definition) is 5. The van der Waals surface area contributed by atoms with Crippen LogP contribution in [0.1, 0.15) is 36.0 Å². The SMILES string of the molecule is NC(=O)COc1ccccc1C(=O)N1CCCC(CNC(=O)C2CCCN2)C1. The second-order valence-electron chi connectivity index (χ2n) is 7.40. The monoisotopic (exact) mass is 388 g/mol. The van der Waals surface area contributed by atoms with Crippen LogP contribution in [0.2, 0.25) is 0 Å². The fourth-order valence-corrected chi connectivity index (χ4v) is 3.78. The van der Waals surface area contributed by atoms with Gasteiger partial charge in [0.25, 0.3) is 11.8 Å². The van der Waals surface area contributed by atoms with Gasteiger partial charge in [-0.05, 0) is 50.3 Å². The second kappa shape index (κ2) is 9.54. The van der Waals surface area contributed by atoms with Crippen molar-refractivity contribution in [3.8, 4) is 5.75 Å². The Bertz CT molecular complexity index is 718. The van der Waals surface area contributed by atoms with E-state index in [1.165, 1.54) is 0 Å². The van der Waals surface area contributed by atoms with Crippen molar-refractivity contribution in [2.75, 3.05) is 32.8 Å². The quantitative estimate of drug-likeness (QED) is 0.620. The molecule has 2 saturated heterocycles. The molecule has 3 rings (SSSR count). The molecule has 152 valence electrons. The van der Waals surface area contributed by atoms with Crippen LogP contribution in [-0.4, -0.2) is 61.4 Å². The van der Waals surface area contributed by atoms with E-state index in [9.17, 15) is 14.4 Å². The lowest BCUT2D eigenvalue weighted by Gasteiger charge is -2.33. The predicted molar refractivity (Wildman–Crippen MR) is 104 cm³/mol. The van der Waals surface area contributed by atoms with E-state index in [0.29, 0.717) is 30.9 Å². The Morgan fingerprint density at radius 1 is 1.21 bits per heavy atom. The Balaban J connectivity index is 1.57. The van der Waals surface area contributed by atoms with Crippen molar-refractivity contribution in [2.45, 2.75) is 31.7 Å². The number of para-hydroxylation sites is 1. The van der Waals surface area contributed by atoms with Crippen molar-refractivity contribution in [2.24, 2.45) is 11.7 Å². The highest BCUT2D eigenvalue weighted by Gasteiger charge is 2.28. The van der Waals surface area contributed by atoms with E-state index >= 15 is 0 Å². The summed E-state index contributed by atoms with van der Waals surface area (Å²) >= 11 is 0. The van der Waals surface area contributed by atoms with Crippen LogP contribution < -0.4 is 21.1 Å². The van der Waals surface area contributed by atoms with Crippen molar-refractivity contribution < 1.29 is 19.1 Å². The number of primary amides is 1. The van der Waals surface area contributed by atoms with E-state index in [1.54, 1.807) is 29.2 Å². The van der Waals surface area contributed by atoms with Crippen molar-refractivity contribution in [3.63, 3.8) is 0 Å². The molecule has 8 heteroatoms. The summed E-state index contributed by atoms with van der Waals surface area (Å²) in [5.74, 6) is -0.0942. The standard InChI is InChI=1S/C20H28N4O4/c21-18(25)13-28-17-8-2-1-6-15(17)20(27)24-10-4-5-14(12-24)11-23-19(26)16-7-3-9-22-16/h1-2,6,8,14,16,22H,3-5,7,9-13H2,(H2,21,25)(H,23,26). The number of nitrogens with two attached hydrogens (primary N) is 1. The predicted octanol–water partition coefficient (Wildman–Crippen LogP) is 0.271. The number of piperidine rings is 1. The second-order valence-corrected chi connectivity index (χ2v) is 7.40. The van der Waals surface area contributed by atoms with Gasteiger partial charge >= 0.3 is 0 Å². The lowest BCUT2D eigenvalue weighted by Crippen LogP contribution is -2.46. The summed E-state index contributed by atoms with van der Waals surface area (Å²) in [5.41, 5.74) is 5.55. The molecule has 0 aliphatic carbocycles. The van der Waals surface area contributed by atoms with Gasteiger partial charge in [0.15, 0.2) is 6.61 Å². The van der Waals surface area contributed by atoms with Crippen LogP contribution in [0.4, 0.5) is 0 Å². The molecular weight excluding hydrogens is 360 g/mol. The molecule has 1 aromatic rings. The number of nitrogens with zero attached hydrogens (tertiary/aromatic N) is 1. The van der Waals surface area contributed by atoms with Crippen LogP contribution in [0, 0.1) is 5.92 Å². The van der Waals surface area contributed by atoms with Crippen molar-refractivity contribution in [1.82, 2.24) is 15.5 Å². The smallest absolute Gasteiger partial charge is 0.257 e. The number of carbonyl (C=O) groups excluding carboxylic acids is 3. The molecule has 2 aliphatic rings. The third-order valence-electron chi connectivity index (χ3n) is 5.24. The number of hydrogen-bond donors (Lipinski definition) is 3. The maximum absolute atomic E-state index is 13.0. The number of nitrogens with one attached hydrogen (secondary N) is 2. The van der Waals surface area contributed by atoms with Crippen LogP contribution >= 0.6 is 0 Å². The summed E-state index contributed by atoms with van der Waals surface area (Å²) in [4.78, 5) is 38.0. The maximum Gasteiger partial charge on any atom is 0.257 e. The van der Waals surface area contributed by atoms with Crippen LogP contribution in [0.3, 0.4) is 0 Å². The Hall–Kier alpha value is -2.61. The number of amides is 3. The Labute approximate surface area is 164 Å². The Morgan fingerprint density at radius 3 is 2.79 bits per heavy atom.